The number of aromatic nitrogens is 3. The van der Waals surface area contributed by atoms with Gasteiger partial charge >= 0.3 is 5.97 Å². The van der Waals surface area contributed by atoms with Crippen LogP contribution in [0.2, 0.25) is 0 Å². The number of carbonyl (C=O) groups is 2. The lowest BCUT2D eigenvalue weighted by Gasteiger charge is -2.32. The number of rotatable bonds is 7. The fourth-order valence-electron chi connectivity index (χ4n) is 3.84. The third-order valence-corrected chi connectivity index (χ3v) is 5.56. The number of nitrogens with zero attached hydrogens (tertiary/aromatic N) is 4. The molecule has 0 unspecified atom stereocenters. The van der Waals surface area contributed by atoms with Crippen LogP contribution in [0.4, 0.5) is 5.69 Å². The minimum absolute atomic E-state index is 0.00327. The number of benzene rings is 2. The normalized spacial score (nSPS) is 15.0. The first-order valence-electron chi connectivity index (χ1n) is 11.1. The summed E-state index contributed by atoms with van der Waals surface area (Å²) in [5, 5.41) is 12.2. The van der Waals surface area contributed by atoms with E-state index in [1.807, 2.05) is 42.5 Å². The second-order valence-corrected chi connectivity index (χ2v) is 7.96. The number of hydrogen-bond donors (Lipinski definition) is 0. The Morgan fingerprint density at radius 1 is 1.09 bits per heavy atom. The largest absolute Gasteiger partial charge is 0.479 e. The van der Waals surface area contributed by atoms with Gasteiger partial charge in [-0.05, 0) is 26.0 Å². The Morgan fingerprint density at radius 3 is 2.69 bits per heavy atom. The number of fused-ring (bicyclic) bond motifs is 1. The number of carbonyl (C=O) groups excluding carboxylic acids is 2. The minimum atomic E-state index is -0.626. The van der Waals surface area contributed by atoms with E-state index in [0.29, 0.717) is 28.5 Å². The summed E-state index contributed by atoms with van der Waals surface area (Å²) in [5.41, 5.74) is 2.64. The highest BCUT2D eigenvalue weighted by Gasteiger charge is 2.31. The maximum atomic E-state index is 12.6. The molecule has 178 valence electrons. The van der Waals surface area contributed by atoms with Gasteiger partial charge in [-0.1, -0.05) is 47.6 Å². The van der Waals surface area contributed by atoms with Gasteiger partial charge in [-0.15, -0.1) is 10.2 Å². The van der Waals surface area contributed by atoms with Crippen LogP contribution in [0.25, 0.3) is 22.7 Å². The SMILES string of the molecule is Cc1onc(-c2ccccc2)c1-c1nnc(COC(=O)CCN2C(=O)[C@@H](C)Oc3ccccc32)o1. The zero-order chi connectivity index (χ0) is 24.4. The van der Waals surface area contributed by atoms with Crippen LogP contribution in [0.3, 0.4) is 0 Å². The lowest BCUT2D eigenvalue weighted by molar-refractivity contribution is -0.145. The smallest absolute Gasteiger partial charge is 0.308 e. The van der Waals surface area contributed by atoms with E-state index in [1.165, 1.54) is 4.90 Å². The fraction of sp³-hybridized carbons (Fsp3) is 0.240. The molecule has 2 aromatic heterocycles. The van der Waals surface area contributed by atoms with Gasteiger partial charge in [-0.25, -0.2) is 0 Å². The van der Waals surface area contributed by atoms with Crippen LogP contribution in [0, 0.1) is 6.92 Å². The van der Waals surface area contributed by atoms with Crippen molar-refractivity contribution in [2.75, 3.05) is 11.4 Å². The minimum Gasteiger partial charge on any atom is -0.479 e. The van der Waals surface area contributed by atoms with E-state index < -0.39 is 12.1 Å². The van der Waals surface area contributed by atoms with Crippen LogP contribution < -0.4 is 9.64 Å². The number of anilines is 1. The van der Waals surface area contributed by atoms with E-state index in [-0.39, 0.29) is 37.3 Å². The van der Waals surface area contributed by atoms with Crippen molar-refractivity contribution in [3.63, 3.8) is 0 Å². The average Bonchev–Trinajstić information content (AvgIpc) is 3.49. The molecule has 35 heavy (non-hydrogen) atoms. The van der Waals surface area contributed by atoms with Gasteiger partial charge in [-0.2, -0.15) is 0 Å². The van der Waals surface area contributed by atoms with E-state index in [9.17, 15) is 9.59 Å². The molecule has 0 saturated heterocycles. The maximum absolute atomic E-state index is 12.6. The quantitative estimate of drug-likeness (QED) is 0.367. The van der Waals surface area contributed by atoms with Gasteiger partial charge in [-0.3, -0.25) is 9.59 Å². The Morgan fingerprint density at radius 2 is 1.86 bits per heavy atom. The van der Waals surface area contributed by atoms with Crippen LogP contribution in [-0.4, -0.2) is 39.9 Å². The summed E-state index contributed by atoms with van der Waals surface area (Å²) in [4.78, 5) is 26.5. The number of para-hydroxylation sites is 2. The summed E-state index contributed by atoms with van der Waals surface area (Å²) < 4.78 is 22.0. The van der Waals surface area contributed by atoms with Gasteiger partial charge in [0.15, 0.2) is 12.7 Å². The molecular weight excluding hydrogens is 452 g/mol. The monoisotopic (exact) mass is 474 g/mol. The molecule has 0 bridgehead atoms. The van der Waals surface area contributed by atoms with Crippen molar-refractivity contribution in [2.24, 2.45) is 0 Å². The molecule has 3 heterocycles. The molecule has 5 rings (SSSR count). The molecule has 10 nitrogen and oxygen atoms in total. The summed E-state index contributed by atoms with van der Waals surface area (Å²) in [6.45, 7) is 3.40. The summed E-state index contributed by atoms with van der Waals surface area (Å²) in [7, 11) is 0. The second-order valence-electron chi connectivity index (χ2n) is 7.96. The Bertz CT molecular complexity index is 1360. The number of hydrogen-bond acceptors (Lipinski definition) is 9. The predicted molar refractivity (Wildman–Crippen MR) is 123 cm³/mol. The Hall–Kier alpha value is -4.47. The lowest BCUT2D eigenvalue weighted by atomic mass is 10.1. The Labute approximate surface area is 200 Å². The molecule has 0 radical (unpaired) electrons. The standard InChI is InChI=1S/C25H22N4O6/c1-15-22(23(28-35-15)17-8-4-3-5-9-17)24-27-26-20(34-24)14-32-21(30)12-13-29-18-10-6-7-11-19(18)33-16(2)25(29)31/h3-11,16H,12-14H2,1-2H3/t16-/m1/s1. The van der Waals surface area contributed by atoms with Crippen LogP contribution in [-0.2, 0) is 20.9 Å². The highest BCUT2D eigenvalue weighted by atomic mass is 16.5. The summed E-state index contributed by atoms with van der Waals surface area (Å²) in [5.74, 6) is 0.773. The van der Waals surface area contributed by atoms with Crippen molar-refractivity contribution < 1.29 is 28.0 Å². The van der Waals surface area contributed by atoms with Crippen molar-refractivity contribution in [3.05, 3.63) is 66.2 Å². The van der Waals surface area contributed by atoms with Crippen molar-refractivity contribution in [1.29, 1.82) is 0 Å². The summed E-state index contributed by atoms with van der Waals surface area (Å²) in [6.07, 6.45) is -0.629. The first-order chi connectivity index (χ1) is 17.0. The van der Waals surface area contributed by atoms with E-state index >= 15 is 0 Å². The molecule has 1 aliphatic rings. The summed E-state index contributed by atoms with van der Waals surface area (Å²) in [6, 6.07) is 16.7. The topological polar surface area (TPSA) is 121 Å². The first-order valence-corrected chi connectivity index (χ1v) is 11.1. The first kappa shape index (κ1) is 22.3. The van der Waals surface area contributed by atoms with Crippen molar-refractivity contribution in [3.8, 4) is 28.5 Å². The van der Waals surface area contributed by atoms with Gasteiger partial charge < -0.3 is 23.3 Å². The third kappa shape index (κ3) is 4.50. The average molecular weight is 474 g/mol. The highest BCUT2D eigenvalue weighted by molar-refractivity contribution is 6.00. The third-order valence-electron chi connectivity index (χ3n) is 5.56. The van der Waals surface area contributed by atoms with Gasteiger partial charge in [0.05, 0.1) is 12.1 Å². The van der Waals surface area contributed by atoms with E-state index in [0.717, 1.165) is 5.56 Å². The van der Waals surface area contributed by atoms with E-state index in [1.54, 1.807) is 26.0 Å². The van der Waals surface area contributed by atoms with Crippen molar-refractivity contribution in [2.45, 2.75) is 33.0 Å². The molecule has 0 spiro atoms. The molecular formula is C25H22N4O6. The number of ether oxygens (including phenoxy) is 2. The van der Waals surface area contributed by atoms with E-state index in [2.05, 4.69) is 15.4 Å². The van der Waals surface area contributed by atoms with Gasteiger partial charge in [0.1, 0.15) is 22.8 Å². The van der Waals surface area contributed by atoms with E-state index in [4.69, 9.17) is 18.4 Å². The highest BCUT2D eigenvalue weighted by Crippen LogP contribution is 2.34. The van der Waals surface area contributed by atoms with Crippen molar-refractivity contribution in [1.82, 2.24) is 15.4 Å². The van der Waals surface area contributed by atoms with Crippen LogP contribution in [0.5, 0.6) is 5.75 Å². The molecule has 2 aromatic carbocycles. The zero-order valence-electron chi connectivity index (χ0n) is 19.1. The molecule has 0 fully saturated rings. The molecule has 1 amide bonds. The number of esters is 1. The Balaban J connectivity index is 1.22. The van der Waals surface area contributed by atoms with Crippen LogP contribution >= 0.6 is 0 Å². The molecule has 1 aliphatic heterocycles. The lowest BCUT2D eigenvalue weighted by Crippen LogP contribution is -2.45. The van der Waals surface area contributed by atoms with Gasteiger partial charge in [0.25, 0.3) is 17.7 Å². The number of amides is 1. The van der Waals surface area contributed by atoms with Crippen LogP contribution in [0.15, 0.2) is 63.5 Å². The van der Waals surface area contributed by atoms with Gasteiger partial charge in [0, 0.05) is 12.1 Å². The Kier molecular flexibility index (Phi) is 6.01. The molecule has 1 atom stereocenters. The molecule has 10 heteroatoms. The molecule has 4 aromatic rings. The molecule has 0 aliphatic carbocycles. The van der Waals surface area contributed by atoms with Crippen molar-refractivity contribution >= 4 is 17.6 Å². The molecule has 0 saturated carbocycles. The predicted octanol–water partition coefficient (Wildman–Crippen LogP) is 3.95. The zero-order valence-corrected chi connectivity index (χ0v) is 19.1. The van der Waals surface area contributed by atoms with Gasteiger partial charge in [0.2, 0.25) is 0 Å². The van der Waals surface area contributed by atoms with Crippen LogP contribution in [0.1, 0.15) is 25.0 Å². The summed E-state index contributed by atoms with van der Waals surface area (Å²) >= 11 is 0. The maximum Gasteiger partial charge on any atom is 0.308 e. The number of aryl methyl sites for hydroxylation is 1. The molecule has 0 N–H and O–H groups in total. The fourth-order valence-corrected chi connectivity index (χ4v) is 3.84. The second kappa shape index (κ2) is 9.41.